The maximum Gasteiger partial charge on any atom is 0.328 e. The molecule has 1 aromatic carbocycles. The molecule has 6 heteroatoms. The minimum Gasteiger partial charge on any atom is -0.860 e. The number of nitrogens with zero attached hydrogens (tertiary/aromatic N) is 1. The van der Waals surface area contributed by atoms with Gasteiger partial charge in [-0.2, -0.15) is 0 Å². The van der Waals surface area contributed by atoms with Crippen LogP contribution in [0.5, 0.6) is 11.6 Å². The van der Waals surface area contributed by atoms with E-state index >= 15 is 0 Å². The van der Waals surface area contributed by atoms with Crippen molar-refractivity contribution in [2.24, 2.45) is 0 Å². The van der Waals surface area contributed by atoms with E-state index in [-0.39, 0.29) is 6.54 Å². The van der Waals surface area contributed by atoms with Crippen molar-refractivity contribution in [3.8, 4) is 11.6 Å². The molecule has 0 atom stereocenters. The van der Waals surface area contributed by atoms with Crippen LogP contribution < -0.4 is 21.1 Å². The number of benzene rings is 1. The van der Waals surface area contributed by atoms with Gasteiger partial charge in [-0.15, -0.1) is 0 Å². The van der Waals surface area contributed by atoms with E-state index in [4.69, 9.17) is 4.74 Å². The number of nitrogens with one attached hydrogen (secondary N) is 1. The first-order chi connectivity index (χ1) is 8.60. The highest BCUT2D eigenvalue weighted by Crippen LogP contribution is 2.12. The molecule has 2 aromatic rings. The second-order valence-corrected chi connectivity index (χ2v) is 3.71. The Bertz CT molecular complexity index is 655. The summed E-state index contributed by atoms with van der Waals surface area (Å²) in [4.78, 5) is 24.4. The fraction of sp³-hybridized carbons (Fsp3) is 0.167. The largest absolute Gasteiger partial charge is 0.860 e. The van der Waals surface area contributed by atoms with Gasteiger partial charge in [0.1, 0.15) is 5.75 Å². The summed E-state index contributed by atoms with van der Waals surface area (Å²) in [6.45, 7) is 0.110. The summed E-state index contributed by atoms with van der Waals surface area (Å²) >= 11 is 0. The number of aromatic amines is 1. The van der Waals surface area contributed by atoms with Gasteiger partial charge < -0.3 is 14.4 Å². The molecule has 0 unspecified atom stereocenters. The molecule has 0 aliphatic heterocycles. The molecule has 0 saturated carbocycles. The van der Waals surface area contributed by atoms with Gasteiger partial charge in [0.2, 0.25) is 0 Å². The lowest BCUT2D eigenvalue weighted by atomic mass is 10.2. The standard InChI is InChI=1S/C12H12N2O4/c1-18-9-4-2-8(3-5-9)7-14-11(16)6-10(15)13-12(14)17/h2-6,16H,7H2,1H3,(H,13,15,17)/p-1. The number of H-pyrrole nitrogens is 1. The molecule has 2 rings (SSSR count). The Morgan fingerprint density at radius 3 is 2.50 bits per heavy atom. The lowest BCUT2D eigenvalue weighted by Crippen LogP contribution is -2.31. The van der Waals surface area contributed by atoms with Crippen LogP contribution in [-0.2, 0) is 6.54 Å². The van der Waals surface area contributed by atoms with Crippen molar-refractivity contribution < 1.29 is 9.84 Å². The van der Waals surface area contributed by atoms with E-state index in [0.29, 0.717) is 5.75 Å². The first kappa shape index (κ1) is 12.0. The highest BCUT2D eigenvalue weighted by molar-refractivity contribution is 5.27. The molecule has 0 saturated heterocycles. The van der Waals surface area contributed by atoms with Crippen molar-refractivity contribution in [3.63, 3.8) is 0 Å². The van der Waals surface area contributed by atoms with Crippen LogP contribution in [0.4, 0.5) is 0 Å². The van der Waals surface area contributed by atoms with Crippen LogP contribution in [0.2, 0.25) is 0 Å². The third kappa shape index (κ3) is 2.42. The summed E-state index contributed by atoms with van der Waals surface area (Å²) in [5.41, 5.74) is -0.624. The molecule has 1 heterocycles. The van der Waals surface area contributed by atoms with E-state index in [1.807, 2.05) is 4.98 Å². The van der Waals surface area contributed by atoms with Crippen LogP contribution in [0.1, 0.15) is 5.56 Å². The van der Waals surface area contributed by atoms with Gasteiger partial charge in [-0.1, -0.05) is 12.1 Å². The first-order valence-corrected chi connectivity index (χ1v) is 5.24. The zero-order valence-electron chi connectivity index (χ0n) is 9.67. The van der Waals surface area contributed by atoms with Crippen LogP contribution in [0, 0.1) is 0 Å². The van der Waals surface area contributed by atoms with Gasteiger partial charge in [-0.3, -0.25) is 9.78 Å². The normalized spacial score (nSPS) is 10.3. The van der Waals surface area contributed by atoms with Crippen molar-refractivity contribution in [1.29, 1.82) is 0 Å². The lowest BCUT2D eigenvalue weighted by molar-refractivity contribution is -0.280. The summed E-state index contributed by atoms with van der Waals surface area (Å²) in [6, 6.07) is 7.81. The first-order valence-electron chi connectivity index (χ1n) is 5.24. The zero-order valence-corrected chi connectivity index (χ0v) is 9.67. The number of methoxy groups -OCH3 is 1. The minimum atomic E-state index is -0.705. The van der Waals surface area contributed by atoms with Gasteiger partial charge in [-0.05, 0) is 23.6 Å². The van der Waals surface area contributed by atoms with E-state index < -0.39 is 17.1 Å². The Hall–Kier alpha value is -2.50. The molecular formula is C12H11N2O4-. The van der Waals surface area contributed by atoms with Gasteiger partial charge >= 0.3 is 5.69 Å². The van der Waals surface area contributed by atoms with Gasteiger partial charge in [0.25, 0.3) is 5.56 Å². The summed E-state index contributed by atoms with van der Waals surface area (Å²) in [7, 11) is 1.55. The average Bonchev–Trinajstić information content (AvgIpc) is 2.34. The topological polar surface area (TPSA) is 87.2 Å². The van der Waals surface area contributed by atoms with Crippen molar-refractivity contribution in [3.05, 3.63) is 56.7 Å². The second-order valence-electron chi connectivity index (χ2n) is 3.71. The van der Waals surface area contributed by atoms with E-state index in [1.165, 1.54) is 0 Å². The Morgan fingerprint density at radius 2 is 1.94 bits per heavy atom. The van der Waals surface area contributed by atoms with Gasteiger partial charge in [0.15, 0.2) is 0 Å². The van der Waals surface area contributed by atoms with Gasteiger partial charge in [0.05, 0.1) is 13.7 Å². The SMILES string of the molecule is COc1ccc(Cn2c([O-])cc(=O)[nH]c2=O)cc1. The minimum absolute atomic E-state index is 0.110. The van der Waals surface area contributed by atoms with E-state index in [2.05, 4.69) is 0 Å². The molecule has 0 aliphatic rings. The molecule has 0 bridgehead atoms. The molecule has 0 spiro atoms. The Balaban J connectivity index is 2.34. The second kappa shape index (κ2) is 4.79. The van der Waals surface area contributed by atoms with E-state index in [0.717, 1.165) is 16.2 Å². The third-order valence-electron chi connectivity index (χ3n) is 2.50. The van der Waals surface area contributed by atoms with Crippen LogP contribution in [0.3, 0.4) is 0 Å². The molecule has 0 fully saturated rings. The molecular weight excluding hydrogens is 236 g/mol. The Kier molecular flexibility index (Phi) is 3.18. The maximum absolute atomic E-state index is 11.5. The van der Waals surface area contributed by atoms with Crippen LogP contribution in [0.25, 0.3) is 0 Å². The number of aromatic nitrogens is 2. The van der Waals surface area contributed by atoms with Crippen molar-refractivity contribution in [2.75, 3.05) is 7.11 Å². The smallest absolute Gasteiger partial charge is 0.328 e. The number of hydrogen-bond acceptors (Lipinski definition) is 4. The summed E-state index contributed by atoms with van der Waals surface area (Å²) in [5, 5.41) is 11.5. The summed E-state index contributed by atoms with van der Waals surface area (Å²) < 4.78 is 5.97. The predicted octanol–water partition coefficient (Wildman–Crippen LogP) is -0.333. The number of hydrogen-bond donors (Lipinski definition) is 1. The third-order valence-corrected chi connectivity index (χ3v) is 2.50. The molecule has 0 amide bonds. The maximum atomic E-state index is 11.5. The van der Waals surface area contributed by atoms with Crippen LogP contribution in [0.15, 0.2) is 39.9 Å². The predicted molar refractivity (Wildman–Crippen MR) is 62.9 cm³/mol. The molecule has 0 radical (unpaired) electrons. The van der Waals surface area contributed by atoms with Crippen LogP contribution in [-0.4, -0.2) is 16.7 Å². The fourth-order valence-corrected chi connectivity index (χ4v) is 1.56. The lowest BCUT2D eigenvalue weighted by Gasteiger charge is -2.14. The van der Waals surface area contributed by atoms with Crippen molar-refractivity contribution >= 4 is 0 Å². The Labute approximate surface area is 102 Å². The molecule has 0 aliphatic carbocycles. The molecule has 1 N–H and O–H groups in total. The number of ether oxygens (including phenoxy) is 1. The Morgan fingerprint density at radius 1 is 1.28 bits per heavy atom. The van der Waals surface area contributed by atoms with Crippen molar-refractivity contribution in [2.45, 2.75) is 6.54 Å². The monoisotopic (exact) mass is 247 g/mol. The number of rotatable bonds is 3. The summed E-state index contributed by atoms with van der Waals surface area (Å²) in [5.74, 6) is 0.0782. The molecule has 94 valence electrons. The van der Waals surface area contributed by atoms with Gasteiger partial charge in [-0.25, -0.2) is 4.79 Å². The quantitative estimate of drug-likeness (QED) is 0.804. The van der Waals surface area contributed by atoms with E-state index in [9.17, 15) is 14.7 Å². The van der Waals surface area contributed by atoms with Crippen LogP contribution >= 0.6 is 0 Å². The van der Waals surface area contributed by atoms with E-state index in [1.54, 1.807) is 31.4 Å². The molecule has 1 aromatic heterocycles. The van der Waals surface area contributed by atoms with Crippen molar-refractivity contribution in [1.82, 2.24) is 9.55 Å². The highest BCUT2D eigenvalue weighted by Gasteiger charge is 2.01. The highest BCUT2D eigenvalue weighted by atomic mass is 16.5. The molecule has 6 nitrogen and oxygen atoms in total. The average molecular weight is 247 g/mol. The van der Waals surface area contributed by atoms with Gasteiger partial charge in [0, 0.05) is 6.07 Å². The summed E-state index contributed by atoms with van der Waals surface area (Å²) in [6.07, 6.45) is 0. The fourth-order valence-electron chi connectivity index (χ4n) is 1.56. The molecule has 18 heavy (non-hydrogen) atoms. The zero-order chi connectivity index (χ0) is 13.1.